The van der Waals surface area contributed by atoms with Crippen LogP contribution in [0.25, 0.3) is 16.9 Å². The number of anilines is 1. The maximum Gasteiger partial charge on any atom is 0.225 e. The number of piperazine rings is 1. The molecule has 4 rings (SSSR count). The molecule has 0 bridgehead atoms. The summed E-state index contributed by atoms with van der Waals surface area (Å²) < 4.78 is 14.8. The number of hydrogen-bond acceptors (Lipinski definition) is 6. The third kappa shape index (κ3) is 3.64. The summed E-state index contributed by atoms with van der Waals surface area (Å²) in [4.78, 5) is 25.4. The van der Waals surface area contributed by atoms with E-state index in [4.69, 9.17) is 0 Å². The van der Waals surface area contributed by atoms with Gasteiger partial charge < -0.3 is 9.80 Å². The van der Waals surface area contributed by atoms with Crippen molar-refractivity contribution in [3.63, 3.8) is 0 Å². The number of carbonyl (C=O) groups is 1. The fourth-order valence-corrected chi connectivity index (χ4v) is 3.76. The van der Waals surface area contributed by atoms with Gasteiger partial charge in [0.15, 0.2) is 17.0 Å². The first-order chi connectivity index (χ1) is 14.1. The van der Waals surface area contributed by atoms with E-state index in [-0.39, 0.29) is 17.6 Å². The first-order valence-corrected chi connectivity index (χ1v) is 9.98. The van der Waals surface area contributed by atoms with Crippen LogP contribution in [0, 0.1) is 11.7 Å². The standard InChI is InChI=1S/C20H24FN7O/c1-3-14(4-2)20(29)27-11-9-26(10-12-27)18-17-19(23-13-22-18)28(25-24-17)16-7-5-15(21)6-8-16/h5-8,13-14H,3-4,9-12H2,1-2H3. The first kappa shape index (κ1) is 19.2. The number of fused-ring (bicyclic) bond motifs is 1. The van der Waals surface area contributed by atoms with E-state index in [0.29, 0.717) is 48.8 Å². The molecule has 0 spiro atoms. The summed E-state index contributed by atoms with van der Waals surface area (Å²) in [6, 6.07) is 6.02. The van der Waals surface area contributed by atoms with Crippen LogP contribution in [0.1, 0.15) is 26.7 Å². The Morgan fingerprint density at radius 1 is 1.07 bits per heavy atom. The van der Waals surface area contributed by atoms with E-state index in [2.05, 4.69) is 39.0 Å². The Kier molecular flexibility index (Phi) is 5.37. The van der Waals surface area contributed by atoms with Crippen molar-refractivity contribution in [1.82, 2.24) is 29.9 Å². The van der Waals surface area contributed by atoms with Crippen molar-refractivity contribution in [2.75, 3.05) is 31.1 Å². The molecule has 1 aromatic carbocycles. The first-order valence-electron chi connectivity index (χ1n) is 9.98. The van der Waals surface area contributed by atoms with E-state index in [1.807, 2.05) is 4.90 Å². The number of carbonyl (C=O) groups excluding carboxylic acids is 1. The topological polar surface area (TPSA) is 80.0 Å². The van der Waals surface area contributed by atoms with Gasteiger partial charge in [-0.2, -0.15) is 4.68 Å². The highest BCUT2D eigenvalue weighted by Crippen LogP contribution is 2.24. The van der Waals surface area contributed by atoms with E-state index >= 15 is 0 Å². The van der Waals surface area contributed by atoms with E-state index in [0.717, 1.165) is 12.8 Å². The monoisotopic (exact) mass is 397 g/mol. The van der Waals surface area contributed by atoms with Gasteiger partial charge in [0, 0.05) is 32.1 Å². The quantitative estimate of drug-likeness (QED) is 0.658. The predicted molar refractivity (Wildman–Crippen MR) is 107 cm³/mol. The molecule has 0 aliphatic carbocycles. The summed E-state index contributed by atoms with van der Waals surface area (Å²) >= 11 is 0. The van der Waals surface area contributed by atoms with Crippen LogP contribution in [-0.2, 0) is 4.79 Å². The van der Waals surface area contributed by atoms with Gasteiger partial charge in [-0.25, -0.2) is 14.4 Å². The van der Waals surface area contributed by atoms with Gasteiger partial charge in [-0.05, 0) is 37.1 Å². The van der Waals surface area contributed by atoms with Crippen molar-refractivity contribution in [1.29, 1.82) is 0 Å². The number of hydrogen-bond donors (Lipinski definition) is 0. The normalized spacial score (nSPS) is 14.8. The Labute approximate surface area is 168 Å². The summed E-state index contributed by atoms with van der Waals surface area (Å²) in [6.45, 7) is 6.80. The third-order valence-electron chi connectivity index (χ3n) is 5.52. The molecule has 29 heavy (non-hydrogen) atoms. The smallest absolute Gasteiger partial charge is 0.225 e. The molecule has 2 aromatic heterocycles. The molecule has 3 aromatic rings. The van der Waals surface area contributed by atoms with Gasteiger partial charge in [-0.1, -0.05) is 19.1 Å². The number of benzene rings is 1. The van der Waals surface area contributed by atoms with E-state index in [1.54, 1.807) is 16.8 Å². The second kappa shape index (κ2) is 8.10. The Morgan fingerprint density at radius 3 is 2.41 bits per heavy atom. The van der Waals surface area contributed by atoms with Gasteiger partial charge in [0.25, 0.3) is 0 Å². The fourth-order valence-electron chi connectivity index (χ4n) is 3.76. The van der Waals surface area contributed by atoms with E-state index in [9.17, 15) is 9.18 Å². The predicted octanol–water partition coefficient (Wildman–Crippen LogP) is 2.43. The number of nitrogens with zero attached hydrogens (tertiary/aromatic N) is 7. The number of rotatable bonds is 5. The van der Waals surface area contributed by atoms with Crippen LogP contribution in [0.15, 0.2) is 30.6 Å². The van der Waals surface area contributed by atoms with Crippen LogP contribution >= 0.6 is 0 Å². The molecule has 1 saturated heterocycles. The summed E-state index contributed by atoms with van der Waals surface area (Å²) in [5.74, 6) is 0.736. The fraction of sp³-hybridized carbons (Fsp3) is 0.450. The lowest BCUT2D eigenvalue weighted by Crippen LogP contribution is -2.50. The molecule has 152 valence electrons. The minimum absolute atomic E-state index is 0.0999. The number of aromatic nitrogens is 5. The third-order valence-corrected chi connectivity index (χ3v) is 5.52. The summed E-state index contributed by atoms with van der Waals surface area (Å²) in [6.07, 6.45) is 3.23. The molecule has 0 N–H and O–H groups in total. The average Bonchev–Trinajstić information content (AvgIpc) is 3.19. The molecular formula is C20H24FN7O. The molecule has 1 amide bonds. The van der Waals surface area contributed by atoms with E-state index < -0.39 is 0 Å². The van der Waals surface area contributed by atoms with Crippen LogP contribution in [0.5, 0.6) is 0 Å². The van der Waals surface area contributed by atoms with Crippen molar-refractivity contribution in [3.8, 4) is 5.69 Å². The van der Waals surface area contributed by atoms with Crippen molar-refractivity contribution < 1.29 is 9.18 Å². The molecule has 0 radical (unpaired) electrons. The van der Waals surface area contributed by atoms with Gasteiger partial charge >= 0.3 is 0 Å². The molecule has 8 nitrogen and oxygen atoms in total. The van der Waals surface area contributed by atoms with Gasteiger partial charge in [0.1, 0.15) is 12.1 Å². The zero-order valence-electron chi connectivity index (χ0n) is 16.6. The molecule has 0 unspecified atom stereocenters. The Bertz CT molecular complexity index is 992. The van der Waals surface area contributed by atoms with Crippen LogP contribution in [0.2, 0.25) is 0 Å². The summed E-state index contributed by atoms with van der Waals surface area (Å²) in [5, 5.41) is 8.46. The minimum Gasteiger partial charge on any atom is -0.351 e. The van der Waals surface area contributed by atoms with Crippen LogP contribution < -0.4 is 4.90 Å². The van der Waals surface area contributed by atoms with Gasteiger partial charge in [-0.15, -0.1) is 5.10 Å². The summed E-state index contributed by atoms with van der Waals surface area (Å²) in [5.41, 5.74) is 1.84. The Morgan fingerprint density at radius 2 is 1.76 bits per heavy atom. The largest absolute Gasteiger partial charge is 0.351 e. The lowest BCUT2D eigenvalue weighted by Gasteiger charge is -2.36. The molecule has 3 heterocycles. The van der Waals surface area contributed by atoms with Gasteiger partial charge in [-0.3, -0.25) is 4.79 Å². The molecule has 0 atom stereocenters. The molecule has 1 aliphatic heterocycles. The molecule has 1 aliphatic rings. The number of amides is 1. The maximum absolute atomic E-state index is 13.2. The molecule has 0 saturated carbocycles. The highest BCUT2D eigenvalue weighted by Gasteiger charge is 2.27. The minimum atomic E-state index is -0.311. The SMILES string of the molecule is CCC(CC)C(=O)N1CCN(c2ncnc3c2nnn3-c2ccc(F)cc2)CC1. The average molecular weight is 397 g/mol. The van der Waals surface area contributed by atoms with Crippen molar-refractivity contribution in [2.45, 2.75) is 26.7 Å². The molecule has 1 fully saturated rings. The Hall–Kier alpha value is -3.10. The van der Waals surface area contributed by atoms with Crippen LogP contribution in [0.4, 0.5) is 10.2 Å². The Balaban J connectivity index is 1.55. The lowest BCUT2D eigenvalue weighted by molar-refractivity contribution is -0.136. The highest BCUT2D eigenvalue weighted by molar-refractivity contribution is 5.84. The molecular weight excluding hydrogens is 373 g/mol. The highest BCUT2D eigenvalue weighted by atomic mass is 19.1. The van der Waals surface area contributed by atoms with Crippen molar-refractivity contribution in [3.05, 3.63) is 36.4 Å². The van der Waals surface area contributed by atoms with Gasteiger partial charge in [0.2, 0.25) is 5.91 Å². The second-order valence-corrected chi connectivity index (χ2v) is 7.17. The van der Waals surface area contributed by atoms with Crippen molar-refractivity contribution in [2.24, 2.45) is 5.92 Å². The zero-order valence-corrected chi connectivity index (χ0v) is 16.6. The second-order valence-electron chi connectivity index (χ2n) is 7.17. The van der Waals surface area contributed by atoms with Gasteiger partial charge in [0.05, 0.1) is 5.69 Å². The lowest BCUT2D eigenvalue weighted by atomic mass is 10.0. The van der Waals surface area contributed by atoms with Crippen molar-refractivity contribution >= 4 is 22.9 Å². The van der Waals surface area contributed by atoms with Crippen LogP contribution in [-0.4, -0.2) is 61.9 Å². The summed E-state index contributed by atoms with van der Waals surface area (Å²) in [7, 11) is 0. The maximum atomic E-state index is 13.2. The zero-order chi connectivity index (χ0) is 20.4. The molecule has 9 heteroatoms. The van der Waals surface area contributed by atoms with E-state index in [1.165, 1.54) is 18.5 Å². The number of halogens is 1. The van der Waals surface area contributed by atoms with Crippen LogP contribution in [0.3, 0.4) is 0 Å².